The fraction of sp³-hybridized carbons (Fsp3) is 0.333. The Morgan fingerprint density at radius 3 is 2.61 bits per heavy atom. The van der Waals surface area contributed by atoms with E-state index in [2.05, 4.69) is 16.7 Å². The van der Waals surface area contributed by atoms with Gasteiger partial charge in [0.05, 0.1) is 18.7 Å². The number of hydrogen-bond donors (Lipinski definition) is 3. The minimum atomic E-state index is -0.418. The van der Waals surface area contributed by atoms with Crippen molar-refractivity contribution in [2.24, 2.45) is 5.73 Å². The smallest absolute Gasteiger partial charge is 0.325 e. The van der Waals surface area contributed by atoms with Crippen molar-refractivity contribution in [3.05, 3.63) is 53.7 Å². The van der Waals surface area contributed by atoms with Crippen molar-refractivity contribution in [2.45, 2.75) is 37.8 Å². The molecule has 0 atom stereocenters. The van der Waals surface area contributed by atoms with Gasteiger partial charge >= 0.3 is 5.97 Å². The number of fused-ring (bicyclic) bond motifs is 1. The maximum absolute atomic E-state index is 12.8. The largest absolute Gasteiger partial charge is 0.468 e. The van der Waals surface area contributed by atoms with Crippen LogP contribution in [-0.4, -0.2) is 47.0 Å². The molecule has 1 aliphatic rings. The van der Waals surface area contributed by atoms with Crippen LogP contribution in [0.5, 0.6) is 0 Å². The average Bonchev–Trinajstić information content (AvgIpc) is 3.21. The number of nitrogens with two attached hydrogens (primary N) is 1. The molecule has 1 aromatic carbocycles. The highest BCUT2D eigenvalue weighted by molar-refractivity contribution is 5.95. The van der Waals surface area contributed by atoms with E-state index in [1.807, 2.05) is 0 Å². The predicted octanol–water partition coefficient (Wildman–Crippen LogP) is 2.46. The van der Waals surface area contributed by atoms with E-state index < -0.39 is 5.97 Å². The molecular formula is C24H26N6O3. The summed E-state index contributed by atoms with van der Waals surface area (Å²) in [6.45, 7) is -0.0420. The van der Waals surface area contributed by atoms with Crippen LogP contribution in [0.2, 0.25) is 0 Å². The third kappa shape index (κ3) is 4.96. The third-order valence-electron chi connectivity index (χ3n) is 5.91. The number of carbonyl (C=O) groups excluding carboxylic acids is 2. The van der Waals surface area contributed by atoms with E-state index >= 15 is 0 Å². The zero-order valence-electron chi connectivity index (χ0n) is 18.4. The monoisotopic (exact) mass is 446 g/mol. The molecule has 0 spiro atoms. The number of methoxy groups -OCH3 is 1. The zero-order chi connectivity index (χ0) is 23.4. The number of carbonyl (C=O) groups is 2. The van der Waals surface area contributed by atoms with E-state index in [1.54, 1.807) is 47.0 Å². The number of aromatic nitrogens is 2. The first-order chi connectivity index (χ1) is 16.0. The molecule has 170 valence electrons. The molecule has 9 nitrogen and oxygen atoms in total. The van der Waals surface area contributed by atoms with Gasteiger partial charge in [0.25, 0.3) is 5.91 Å². The second-order valence-electron chi connectivity index (χ2n) is 8.16. The van der Waals surface area contributed by atoms with Gasteiger partial charge in [-0.05, 0) is 49.9 Å². The SMILES string of the molecule is COC(=O)CNc1c(-c2ccc(C#N)cc2)nc2cc(C(=O)NC3CCC(N)CC3)ccn12. The molecule has 0 radical (unpaired) electrons. The summed E-state index contributed by atoms with van der Waals surface area (Å²) in [4.78, 5) is 29.3. The van der Waals surface area contributed by atoms with Crippen molar-refractivity contribution in [2.75, 3.05) is 19.0 Å². The molecule has 2 aromatic heterocycles. The van der Waals surface area contributed by atoms with Crippen molar-refractivity contribution in [1.82, 2.24) is 14.7 Å². The summed E-state index contributed by atoms with van der Waals surface area (Å²) in [6, 6.07) is 12.9. The Kier molecular flexibility index (Phi) is 6.56. The number of benzene rings is 1. The summed E-state index contributed by atoms with van der Waals surface area (Å²) < 4.78 is 6.52. The van der Waals surface area contributed by atoms with Gasteiger partial charge in [-0.25, -0.2) is 4.98 Å². The van der Waals surface area contributed by atoms with Gasteiger partial charge in [0.2, 0.25) is 0 Å². The highest BCUT2D eigenvalue weighted by Gasteiger charge is 2.22. The molecule has 0 bridgehead atoms. The van der Waals surface area contributed by atoms with E-state index in [9.17, 15) is 9.59 Å². The minimum absolute atomic E-state index is 0.0420. The lowest BCUT2D eigenvalue weighted by Crippen LogP contribution is -2.40. The van der Waals surface area contributed by atoms with E-state index in [1.165, 1.54) is 7.11 Å². The molecule has 0 saturated heterocycles. The quantitative estimate of drug-likeness (QED) is 0.495. The minimum Gasteiger partial charge on any atom is -0.468 e. The molecule has 1 aliphatic carbocycles. The van der Waals surface area contributed by atoms with Gasteiger partial charge in [-0.3, -0.25) is 14.0 Å². The molecule has 33 heavy (non-hydrogen) atoms. The molecule has 2 heterocycles. The van der Waals surface area contributed by atoms with E-state index in [0.717, 1.165) is 31.2 Å². The standard InChI is InChI=1S/C24H26N6O3/c1-33-21(31)14-27-23-22(16-4-2-15(13-25)3-5-16)29-20-12-17(10-11-30(20)23)24(32)28-19-8-6-18(26)7-9-19/h2-5,10-12,18-19,27H,6-9,14,26H2,1H3,(H,28,32). The number of nitriles is 1. The fourth-order valence-corrected chi connectivity index (χ4v) is 4.02. The van der Waals surface area contributed by atoms with Gasteiger partial charge in [0.1, 0.15) is 23.7 Å². The number of nitrogens with zero attached hydrogens (tertiary/aromatic N) is 3. The number of pyridine rings is 1. The third-order valence-corrected chi connectivity index (χ3v) is 5.91. The van der Waals surface area contributed by atoms with Crippen molar-refractivity contribution in [3.63, 3.8) is 0 Å². The highest BCUT2D eigenvalue weighted by atomic mass is 16.5. The molecule has 1 amide bonds. The maximum Gasteiger partial charge on any atom is 0.325 e. The molecule has 3 aromatic rings. The lowest BCUT2D eigenvalue weighted by molar-refractivity contribution is -0.138. The van der Waals surface area contributed by atoms with E-state index in [4.69, 9.17) is 20.7 Å². The number of amides is 1. The Morgan fingerprint density at radius 1 is 1.21 bits per heavy atom. The second kappa shape index (κ2) is 9.71. The van der Waals surface area contributed by atoms with E-state index in [0.29, 0.717) is 28.3 Å². The summed E-state index contributed by atoms with van der Waals surface area (Å²) >= 11 is 0. The maximum atomic E-state index is 12.8. The number of anilines is 1. The predicted molar refractivity (Wildman–Crippen MR) is 124 cm³/mol. The van der Waals surface area contributed by atoms with Crippen LogP contribution in [-0.2, 0) is 9.53 Å². The van der Waals surface area contributed by atoms with Crippen LogP contribution in [0.4, 0.5) is 5.82 Å². The van der Waals surface area contributed by atoms with Crippen molar-refractivity contribution in [3.8, 4) is 17.3 Å². The first-order valence-corrected chi connectivity index (χ1v) is 10.9. The summed E-state index contributed by atoms with van der Waals surface area (Å²) in [6.07, 6.45) is 5.33. The van der Waals surface area contributed by atoms with Crippen LogP contribution >= 0.6 is 0 Å². The Morgan fingerprint density at radius 2 is 1.94 bits per heavy atom. The fourth-order valence-electron chi connectivity index (χ4n) is 4.02. The van der Waals surface area contributed by atoms with Gasteiger partial charge in [-0.15, -0.1) is 0 Å². The van der Waals surface area contributed by atoms with E-state index in [-0.39, 0.29) is 24.5 Å². The average molecular weight is 447 g/mol. The van der Waals surface area contributed by atoms with Crippen LogP contribution in [0.1, 0.15) is 41.6 Å². The molecular weight excluding hydrogens is 420 g/mol. The normalized spacial score (nSPS) is 17.8. The number of hydrogen-bond acceptors (Lipinski definition) is 7. The van der Waals surface area contributed by atoms with Gasteiger partial charge in [-0.1, -0.05) is 12.1 Å². The van der Waals surface area contributed by atoms with Crippen LogP contribution < -0.4 is 16.4 Å². The summed E-state index contributed by atoms with van der Waals surface area (Å²) in [5, 5.41) is 15.3. The molecule has 4 N–H and O–H groups in total. The number of imidazole rings is 1. The second-order valence-corrected chi connectivity index (χ2v) is 8.16. The first-order valence-electron chi connectivity index (χ1n) is 10.9. The van der Waals surface area contributed by atoms with Crippen LogP contribution in [0.15, 0.2) is 42.6 Å². The van der Waals surface area contributed by atoms with Crippen LogP contribution in [0.25, 0.3) is 16.9 Å². The molecule has 0 aliphatic heterocycles. The lowest BCUT2D eigenvalue weighted by atomic mass is 9.91. The number of nitrogens with one attached hydrogen (secondary N) is 2. The molecule has 4 rings (SSSR count). The Hall–Kier alpha value is -3.90. The lowest BCUT2D eigenvalue weighted by Gasteiger charge is -2.26. The molecule has 0 unspecified atom stereocenters. The topological polar surface area (TPSA) is 135 Å². The molecule has 1 saturated carbocycles. The van der Waals surface area contributed by atoms with Gasteiger partial charge in [-0.2, -0.15) is 5.26 Å². The van der Waals surface area contributed by atoms with Gasteiger partial charge < -0.3 is 21.1 Å². The number of esters is 1. The Labute approximate surface area is 191 Å². The summed E-state index contributed by atoms with van der Waals surface area (Å²) in [5.41, 5.74) is 8.93. The Balaban J connectivity index is 1.65. The van der Waals surface area contributed by atoms with Gasteiger partial charge in [0.15, 0.2) is 0 Å². The van der Waals surface area contributed by atoms with Crippen molar-refractivity contribution in [1.29, 1.82) is 5.26 Å². The highest BCUT2D eigenvalue weighted by Crippen LogP contribution is 2.29. The first kappa shape index (κ1) is 22.3. The molecule has 1 fully saturated rings. The summed E-state index contributed by atoms with van der Waals surface area (Å²) in [5.74, 6) is 0.0252. The van der Waals surface area contributed by atoms with Crippen LogP contribution in [0.3, 0.4) is 0 Å². The van der Waals surface area contributed by atoms with Gasteiger partial charge in [0, 0.05) is 29.4 Å². The number of ether oxygens (including phenoxy) is 1. The summed E-state index contributed by atoms with van der Waals surface area (Å²) in [7, 11) is 1.32. The molecule has 9 heteroatoms. The van der Waals surface area contributed by atoms with Crippen molar-refractivity contribution < 1.29 is 14.3 Å². The van der Waals surface area contributed by atoms with Crippen molar-refractivity contribution >= 4 is 23.3 Å². The number of rotatable bonds is 6. The Bertz CT molecular complexity index is 1200. The zero-order valence-corrected chi connectivity index (χ0v) is 18.4. The van der Waals surface area contributed by atoms with Crippen LogP contribution in [0, 0.1) is 11.3 Å².